The first-order valence-corrected chi connectivity index (χ1v) is 7.96. The van der Waals surface area contributed by atoms with Gasteiger partial charge in [0.05, 0.1) is 25.9 Å². The van der Waals surface area contributed by atoms with Crippen LogP contribution in [-0.2, 0) is 11.3 Å². The zero-order valence-electron chi connectivity index (χ0n) is 13.1. The summed E-state index contributed by atoms with van der Waals surface area (Å²) in [7, 11) is 0. The van der Waals surface area contributed by atoms with Crippen LogP contribution in [0.1, 0.15) is 0 Å². The van der Waals surface area contributed by atoms with Crippen molar-refractivity contribution >= 4 is 24.0 Å². The van der Waals surface area contributed by atoms with Crippen molar-refractivity contribution in [1.29, 1.82) is 0 Å². The summed E-state index contributed by atoms with van der Waals surface area (Å²) in [6.07, 6.45) is -0.711. The Morgan fingerprint density at radius 1 is 1.17 bits per heavy atom. The van der Waals surface area contributed by atoms with E-state index in [1.165, 1.54) is 0 Å². The molecule has 0 bridgehead atoms. The van der Waals surface area contributed by atoms with Crippen molar-refractivity contribution in [3.05, 3.63) is 45.7 Å². The van der Waals surface area contributed by atoms with E-state index in [0.29, 0.717) is 25.5 Å². The van der Waals surface area contributed by atoms with Crippen molar-refractivity contribution in [2.45, 2.75) is 12.6 Å². The topological polar surface area (TPSA) is 67.8 Å². The highest BCUT2D eigenvalue weighted by atomic mass is 35.5. The number of hydrogen-bond donors (Lipinski definition) is 1. The Labute approximate surface area is 150 Å². The number of nitrogens with zero attached hydrogens (tertiary/aromatic N) is 2. The fourth-order valence-electron chi connectivity index (χ4n) is 2.62. The maximum atomic E-state index is 12.2. The Bertz CT molecular complexity index is 696. The molecule has 2 aromatic rings. The third-order valence-corrected chi connectivity index (χ3v) is 4.13. The molecule has 0 amide bonds. The minimum atomic E-state index is -0.711. The van der Waals surface area contributed by atoms with Gasteiger partial charge in [0.15, 0.2) is 10.8 Å². The van der Waals surface area contributed by atoms with Gasteiger partial charge in [-0.05, 0) is 0 Å². The number of aromatic nitrogens is 1. The number of morpholine rings is 1. The molecule has 1 N–H and O–H groups in total. The van der Waals surface area contributed by atoms with E-state index in [1.54, 1.807) is 0 Å². The van der Waals surface area contributed by atoms with E-state index in [9.17, 15) is 9.90 Å². The number of halogens is 2. The largest absolute Gasteiger partial charge is 0.390 e. The normalized spacial score (nSPS) is 16.6. The quantitative estimate of drug-likeness (QED) is 0.865. The number of β-amino-alcohol motifs (C(OH)–C–C–N with tert-alkyl or cyclic N) is 1. The molecule has 24 heavy (non-hydrogen) atoms. The van der Waals surface area contributed by atoms with Crippen LogP contribution in [0.15, 0.2) is 39.6 Å². The Morgan fingerprint density at radius 2 is 1.83 bits per heavy atom. The molecule has 6 nitrogen and oxygen atoms in total. The Hall–Kier alpha value is -1.31. The molecule has 0 unspecified atom stereocenters. The molecule has 8 heteroatoms. The maximum Gasteiger partial charge on any atom is 0.302 e. The van der Waals surface area contributed by atoms with Crippen molar-refractivity contribution < 1.29 is 14.4 Å². The predicted molar refractivity (Wildman–Crippen MR) is 93.9 cm³/mol. The first kappa shape index (κ1) is 19.0. The number of rotatable bonds is 5. The number of aliphatic hydroxyl groups is 1. The van der Waals surface area contributed by atoms with E-state index in [2.05, 4.69) is 4.90 Å². The lowest BCUT2D eigenvalue weighted by Crippen LogP contribution is -2.42. The standard InChI is InChI=1S/C16H19ClN2O4.ClH/c17-14-15(12-4-2-1-3-5-12)23-19(16(14)21)11-13(20)10-18-6-8-22-9-7-18;/h1-5,13,20H,6-11H2;1H/t13-;/m1./s1. The first-order chi connectivity index (χ1) is 11.1. The second kappa shape index (κ2) is 8.69. The molecule has 0 spiro atoms. The van der Waals surface area contributed by atoms with Crippen LogP contribution in [0.2, 0.25) is 5.02 Å². The lowest BCUT2D eigenvalue weighted by Gasteiger charge is -2.28. The second-order valence-electron chi connectivity index (χ2n) is 5.53. The smallest absolute Gasteiger partial charge is 0.302 e. The van der Waals surface area contributed by atoms with Gasteiger partial charge in [0, 0.05) is 25.2 Å². The van der Waals surface area contributed by atoms with Crippen LogP contribution in [0.3, 0.4) is 0 Å². The fraction of sp³-hybridized carbons (Fsp3) is 0.438. The van der Waals surface area contributed by atoms with E-state index in [4.69, 9.17) is 20.9 Å². The molecule has 0 aliphatic carbocycles. The van der Waals surface area contributed by atoms with Crippen molar-refractivity contribution in [3.63, 3.8) is 0 Å². The van der Waals surface area contributed by atoms with Gasteiger partial charge in [0.25, 0.3) is 0 Å². The lowest BCUT2D eigenvalue weighted by atomic mass is 10.2. The zero-order chi connectivity index (χ0) is 16.2. The van der Waals surface area contributed by atoms with Crippen molar-refractivity contribution in [3.8, 4) is 11.3 Å². The molecule has 2 heterocycles. The van der Waals surface area contributed by atoms with Crippen molar-refractivity contribution in [1.82, 2.24) is 9.64 Å². The molecule has 1 aliphatic rings. The average Bonchev–Trinajstić information content (AvgIpc) is 2.85. The predicted octanol–water partition coefficient (Wildman–Crippen LogP) is 1.88. The van der Waals surface area contributed by atoms with E-state index in [-0.39, 0.29) is 24.0 Å². The molecule has 0 radical (unpaired) electrons. The van der Waals surface area contributed by atoms with Crippen LogP contribution in [0.5, 0.6) is 0 Å². The molecule has 132 valence electrons. The third kappa shape index (κ3) is 4.40. The average molecular weight is 375 g/mol. The van der Waals surface area contributed by atoms with E-state index >= 15 is 0 Å². The molecular weight excluding hydrogens is 355 g/mol. The van der Waals surface area contributed by atoms with Gasteiger partial charge >= 0.3 is 5.56 Å². The van der Waals surface area contributed by atoms with Crippen LogP contribution >= 0.6 is 24.0 Å². The van der Waals surface area contributed by atoms with Gasteiger partial charge in [-0.15, -0.1) is 12.4 Å². The molecule has 1 fully saturated rings. The highest BCUT2D eigenvalue weighted by molar-refractivity contribution is 6.32. The molecular formula is C16H20Cl2N2O4. The van der Waals surface area contributed by atoms with Gasteiger partial charge in [-0.1, -0.05) is 41.9 Å². The summed E-state index contributed by atoms with van der Waals surface area (Å²) in [5.74, 6) is 0.329. The minimum absolute atomic E-state index is 0. The Balaban J connectivity index is 0.00000208. The summed E-state index contributed by atoms with van der Waals surface area (Å²) in [4.78, 5) is 14.3. The highest BCUT2D eigenvalue weighted by Crippen LogP contribution is 2.25. The van der Waals surface area contributed by atoms with Crippen LogP contribution in [0.4, 0.5) is 0 Å². The molecule has 1 aromatic heterocycles. The van der Waals surface area contributed by atoms with Gasteiger partial charge < -0.3 is 14.4 Å². The number of hydrogen-bond acceptors (Lipinski definition) is 5. The monoisotopic (exact) mass is 374 g/mol. The Kier molecular flexibility index (Phi) is 6.89. The highest BCUT2D eigenvalue weighted by Gasteiger charge is 2.20. The van der Waals surface area contributed by atoms with Gasteiger partial charge in [-0.25, -0.2) is 0 Å². The van der Waals surface area contributed by atoms with Crippen LogP contribution in [-0.4, -0.2) is 53.7 Å². The van der Waals surface area contributed by atoms with E-state index in [1.807, 2.05) is 30.3 Å². The fourth-order valence-corrected chi connectivity index (χ4v) is 2.86. The molecule has 3 rings (SSSR count). The van der Waals surface area contributed by atoms with Crippen LogP contribution < -0.4 is 5.56 Å². The van der Waals surface area contributed by atoms with Crippen molar-refractivity contribution in [2.24, 2.45) is 0 Å². The molecule has 1 saturated heterocycles. The summed E-state index contributed by atoms with van der Waals surface area (Å²) in [6, 6.07) is 9.20. The third-order valence-electron chi connectivity index (χ3n) is 3.80. The van der Waals surface area contributed by atoms with Crippen LogP contribution in [0.25, 0.3) is 11.3 Å². The maximum absolute atomic E-state index is 12.2. The summed E-state index contributed by atoms with van der Waals surface area (Å²) < 4.78 is 12.0. The summed E-state index contributed by atoms with van der Waals surface area (Å²) in [6.45, 7) is 3.42. The van der Waals surface area contributed by atoms with Gasteiger partial charge in [-0.3, -0.25) is 9.69 Å². The molecule has 1 aliphatic heterocycles. The Morgan fingerprint density at radius 3 is 2.50 bits per heavy atom. The summed E-state index contributed by atoms with van der Waals surface area (Å²) in [5.41, 5.74) is 0.308. The zero-order valence-corrected chi connectivity index (χ0v) is 14.6. The number of benzene rings is 1. The summed E-state index contributed by atoms with van der Waals surface area (Å²) in [5, 5.41) is 10.2. The van der Waals surface area contributed by atoms with Crippen molar-refractivity contribution in [2.75, 3.05) is 32.8 Å². The lowest BCUT2D eigenvalue weighted by molar-refractivity contribution is 0.00611. The van der Waals surface area contributed by atoms with Gasteiger partial charge in [-0.2, -0.15) is 4.74 Å². The second-order valence-corrected chi connectivity index (χ2v) is 5.91. The van der Waals surface area contributed by atoms with E-state index in [0.717, 1.165) is 23.4 Å². The van der Waals surface area contributed by atoms with Gasteiger partial charge in [0.2, 0.25) is 0 Å². The van der Waals surface area contributed by atoms with E-state index < -0.39 is 11.7 Å². The molecule has 1 atom stereocenters. The molecule has 1 aromatic carbocycles. The minimum Gasteiger partial charge on any atom is -0.390 e. The van der Waals surface area contributed by atoms with Crippen LogP contribution in [0, 0.1) is 0 Å². The first-order valence-electron chi connectivity index (χ1n) is 7.58. The number of aliphatic hydroxyl groups excluding tert-OH is 1. The summed E-state index contributed by atoms with van der Waals surface area (Å²) >= 11 is 6.09. The number of ether oxygens (including phenoxy) is 1. The molecule has 0 saturated carbocycles. The SMILES string of the molecule is Cl.O=c1c(Cl)c(-c2ccccc2)on1C[C@H](O)CN1CCOCC1. The van der Waals surface area contributed by atoms with Gasteiger partial charge in [0.1, 0.15) is 0 Å².